The minimum atomic E-state index is -0.590. The zero-order chi connectivity index (χ0) is 15.5. The number of rotatable bonds is 2. The van der Waals surface area contributed by atoms with Crippen molar-refractivity contribution < 1.29 is 13.6 Å². The van der Waals surface area contributed by atoms with Gasteiger partial charge in [0.15, 0.2) is 0 Å². The van der Waals surface area contributed by atoms with Crippen LogP contribution in [0.2, 0.25) is 0 Å². The first-order valence-corrected chi connectivity index (χ1v) is 8.62. The summed E-state index contributed by atoms with van der Waals surface area (Å²) >= 11 is 3.86. The van der Waals surface area contributed by atoms with E-state index in [1.165, 1.54) is 6.42 Å². The van der Waals surface area contributed by atoms with Crippen LogP contribution in [-0.4, -0.2) is 10.2 Å². The van der Waals surface area contributed by atoms with Crippen molar-refractivity contribution in [3.8, 4) is 0 Å². The van der Waals surface area contributed by atoms with Gasteiger partial charge >= 0.3 is 0 Å². The van der Waals surface area contributed by atoms with Crippen LogP contribution in [0.15, 0.2) is 18.2 Å². The van der Waals surface area contributed by atoms with E-state index in [2.05, 4.69) is 21.2 Å². The predicted molar refractivity (Wildman–Crippen MR) is 83.8 cm³/mol. The second-order valence-electron chi connectivity index (χ2n) is 7.47. The summed E-state index contributed by atoms with van der Waals surface area (Å²) in [6, 6.07) is 3.16. The molecule has 1 aromatic rings. The average Bonchev–Trinajstić information content (AvgIpc) is 2.40. The summed E-state index contributed by atoms with van der Waals surface area (Å²) in [4.78, 5) is 12.9. The Morgan fingerprint density at radius 3 is 2.50 bits per heavy atom. The molecule has 2 nitrogen and oxygen atoms in total. The van der Waals surface area contributed by atoms with Crippen molar-refractivity contribution in [3.05, 3.63) is 29.8 Å². The lowest BCUT2D eigenvalue weighted by Crippen LogP contribution is -2.57. The van der Waals surface area contributed by atoms with Gasteiger partial charge in [0.2, 0.25) is 5.91 Å². The third-order valence-electron chi connectivity index (χ3n) is 5.65. The summed E-state index contributed by atoms with van der Waals surface area (Å²) in [5, 5.41) is 2.65. The van der Waals surface area contributed by atoms with Crippen molar-refractivity contribution in [2.45, 2.75) is 42.8 Å². The van der Waals surface area contributed by atoms with Crippen LogP contribution in [0.1, 0.15) is 38.5 Å². The molecule has 2 unspecified atom stereocenters. The smallest absolute Gasteiger partial charge is 0.230 e. The molecule has 0 saturated heterocycles. The first-order valence-electron chi connectivity index (χ1n) is 7.83. The van der Waals surface area contributed by atoms with Crippen molar-refractivity contribution in [2.24, 2.45) is 17.3 Å². The molecule has 0 spiro atoms. The average molecular weight is 370 g/mol. The van der Waals surface area contributed by atoms with Crippen molar-refractivity contribution in [1.82, 2.24) is 0 Å². The Bertz CT molecular complexity index is 634. The van der Waals surface area contributed by atoms with Gasteiger partial charge in [0.1, 0.15) is 11.6 Å². The number of anilines is 1. The highest BCUT2D eigenvalue weighted by molar-refractivity contribution is 9.10. The maximum absolute atomic E-state index is 13.8. The van der Waals surface area contributed by atoms with E-state index in [0.29, 0.717) is 11.8 Å². The molecule has 0 aromatic heterocycles. The molecule has 22 heavy (non-hydrogen) atoms. The largest absolute Gasteiger partial charge is 0.323 e. The summed E-state index contributed by atoms with van der Waals surface area (Å²) in [6.45, 7) is 0. The fourth-order valence-corrected chi connectivity index (χ4v) is 6.72. The van der Waals surface area contributed by atoms with Crippen molar-refractivity contribution in [2.75, 3.05) is 5.32 Å². The van der Waals surface area contributed by atoms with E-state index in [1.807, 2.05) is 0 Å². The number of hydrogen-bond donors (Lipinski definition) is 1. The van der Waals surface area contributed by atoms with Crippen LogP contribution >= 0.6 is 15.9 Å². The summed E-state index contributed by atoms with van der Waals surface area (Å²) in [5.74, 6) is -0.130. The highest BCUT2D eigenvalue weighted by Crippen LogP contribution is 2.64. The highest BCUT2D eigenvalue weighted by atomic mass is 79.9. The second-order valence-corrected chi connectivity index (χ2v) is 9.15. The molecule has 5 heteroatoms. The number of carbonyl (C=O) groups excluding carboxylic acids is 1. The third-order valence-corrected chi connectivity index (χ3v) is 6.58. The Balaban J connectivity index is 1.61. The van der Waals surface area contributed by atoms with Crippen molar-refractivity contribution >= 4 is 27.5 Å². The summed E-state index contributed by atoms with van der Waals surface area (Å²) in [5.41, 5.74) is -0.476. The lowest BCUT2D eigenvalue weighted by Gasteiger charge is -2.59. The van der Waals surface area contributed by atoms with E-state index in [1.54, 1.807) is 0 Å². The normalized spacial score (nSPS) is 39.0. The number of benzene rings is 1. The van der Waals surface area contributed by atoms with E-state index in [-0.39, 0.29) is 15.9 Å². The first kappa shape index (κ1) is 14.6. The maximum Gasteiger partial charge on any atom is 0.230 e. The van der Waals surface area contributed by atoms with Gasteiger partial charge in [-0.05, 0) is 62.5 Å². The van der Waals surface area contributed by atoms with Crippen LogP contribution in [0.25, 0.3) is 0 Å². The van der Waals surface area contributed by atoms with Gasteiger partial charge in [-0.1, -0.05) is 15.9 Å². The topological polar surface area (TPSA) is 29.1 Å². The molecular weight excluding hydrogens is 352 g/mol. The Morgan fingerprint density at radius 1 is 1.18 bits per heavy atom. The SMILES string of the molecule is O=C(Nc1cc(F)ccc1F)C12C[C@@H]3C[C@@H](CC(Br)(C3)C1)C2. The van der Waals surface area contributed by atoms with Gasteiger partial charge < -0.3 is 5.32 Å². The number of hydrogen-bond acceptors (Lipinski definition) is 1. The first-order chi connectivity index (χ1) is 10.4. The molecule has 1 aromatic carbocycles. The minimum absolute atomic E-state index is 0.0515. The fourth-order valence-electron chi connectivity index (χ4n) is 5.26. The Hall–Kier alpha value is -0.970. The van der Waals surface area contributed by atoms with Gasteiger partial charge in [0, 0.05) is 10.4 Å². The lowest BCUT2D eigenvalue weighted by molar-refractivity contribution is -0.138. The van der Waals surface area contributed by atoms with Crippen LogP contribution in [0.5, 0.6) is 0 Å². The second kappa shape index (κ2) is 4.76. The van der Waals surface area contributed by atoms with E-state index < -0.39 is 17.0 Å². The number of carbonyl (C=O) groups is 1. The zero-order valence-corrected chi connectivity index (χ0v) is 13.8. The molecule has 4 aliphatic carbocycles. The van der Waals surface area contributed by atoms with E-state index >= 15 is 0 Å². The molecule has 1 N–H and O–H groups in total. The molecule has 0 aliphatic heterocycles. The Kier molecular flexibility index (Phi) is 3.16. The van der Waals surface area contributed by atoms with Crippen LogP contribution < -0.4 is 5.32 Å². The number of halogens is 3. The molecule has 4 atom stereocenters. The van der Waals surface area contributed by atoms with Crippen LogP contribution in [0.4, 0.5) is 14.5 Å². The van der Waals surface area contributed by atoms with Gasteiger partial charge in [-0.25, -0.2) is 8.78 Å². The van der Waals surface area contributed by atoms with E-state index in [9.17, 15) is 13.6 Å². The molecule has 0 radical (unpaired) electrons. The number of nitrogens with one attached hydrogen (secondary N) is 1. The monoisotopic (exact) mass is 369 g/mol. The van der Waals surface area contributed by atoms with Crippen LogP contribution in [-0.2, 0) is 4.79 Å². The zero-order valence-electron chi connectivity index (χ0n) is 12.2. The van der Waals surface area contributed by atoms with E-state index in [0.717, 1.165) is 50.3 Å². The fraction of sp³-hybridized carbons (Fsp3) is 0.588. The van der Waals surface area contributed by atoms with Crippen LogP contribution in [0, 0.1) is 28.9 Å². The van der Waals surface area contributed by atoms with Gasteiger partial charge in [-0.3, -0.25) is 4.79 Å². The number of amides is 1. The molecule has 4 fully saturated rings. The third kappa shape index (κ3) is 2.29. The van der Waals surface area contributed by atoms with E-state index in [4.69, 9.17) is 0 Å². The Labute approximate surface area is 136 Å². The molecule has 4 bridgehead atoms. The number of alkyl halides is 1. The highest BCUT2D eigenvalue weighted by Gasteiger charge is 2.59. The van der Waals surface area contributed by atoms with Crippen molar-refractivity contribution in [1.29, 1.82) is 0 Å². The van der Waals surface area contributed by atoms with Gasteiger partial charge in [-0.2, -0.15) is 0 Å². The molecule has 0 heterocycles. The van der Waals surface area contributed by atoms with Gasteiger partial charge in [-0.15, -0.1) is 0 Å². The Morgan fingerprint density at radius 2 is 1.86 bits per heavy atom. The van der Waals surface area contributed by atoms with Gasteiger partial charge in [0.25, 0.3) is 0 Å². The summed E-state index contributed by atoms with van der Waals surface area (Å²) in [6.07, 6.45) is 6.02. The molecule has 4 aliphatic rings. The predicted octanol–water partition coefficient (Wildman–Crippen LogP) is 4.64. The molecule has 5 rings (SSSR count). The molecule has 1 amide bonds. The standard InChI is InChI=1S/C17H18BrF2NO/c18-17-7-10-3-11(8-17)6-16(5-10,9-17)15(22)21-14-4-12(19)1-2-13(14)20/h1-2,4,10-11H,3,5-9H2,(H,21,22)/t10-,11+,16?,17?. The summed E-state index contributed by atoms with van der Waals surface area (Å²) < 4.78 is 27.1. The van der Waals surface area contributed by atoms with Gasteiger partial charge in [0.05, 0.1) is 11.1 Å². The minimum Gasteiger partial charge on any atom is -0.323 e. The molecule has 4 saturated carbocycles. The maximum atomic E-state index is 13.8. The van der Waals surface area contributed by atoms with Crippen LogP contribution in [0.3, 0.4) is 0 Å². The van der Waals surface area contributed by atoms with Crippen molar-refractivity contribution in [3.63, 3.8) is 0 Å². The molecular formula is C17H18BrF2NO. The molecule has 118 valence electrons. The lowest BCUT2D eigenvalue weighted by atomic mass is 9.49. The summed E-state index contributed by atoms with van der Waals surface area (Å²) in [7, 11) is 0. The quantitative estimate of drug-likeness (QED) is 0.756.